The van der Waals surface area contributed by atoms with Crippen LogP contribution in [0, 0.1) is 0 Å². The van der Waals surface area contributed by atoms with Crippen LogP contribution < -0.4 is 0 Å². The summed E-state index contributed by atoms with van der Waals surface area (Å²) in [6.07, 6.45) is 67.0. The van der Waals surface area contributed by atoms with Gasteiger partial charge in [-0.25, -0.2) is 9.13 Å². The van der Waals surface area contributed by atoms with Crippen LogP contribution in [0.3, 0.4) is 0 Å². The highest BCUT2D eigenvalue weighted by Gasteiger charge is 2.29. The molecule has 0 spiro atoms. The second-order valence-electron chi connectivity index (χ2n) is 20.8. The maximum absolute atomic E-state index is 12.9. The van der Waals surface area contributed by atoms with Crippen LogP contribution in [0.1, 0.15) is 226 Å². The number of carbonyl (C=O) groups excluding carboxylic acids is 3. The van der Waals surface area contributed by atoms with Crippen LogP contribution in [0.25, 0.3) is 0 Å². The summed E-state index contributed by atoms with van der Waals surface area (Å²) in [6, 6.07) is 0. The van der Waals surface area contributed by atoms with Gasteiger partial charge in [0.2, 0.25) is 0 Å². The molecule has 0 aromatic rings. The average molecular weight is 1240 g/mol. The van der Waals surface area contributed by atoms with Gasteiger partial charge in [-0.2, -0.15) is 0 Å². The van der Waals surface area contributed by atoms with Crippen molar-refractivity contribution in [2.45, 2.75) is 245 Å². The fourth-order valence-electron chi connectivity index (χ4n) is 7.88. The number of esters is 3. The largest absolute Gasteiger partial charge is 0.472 e. The molecule has 0 radical (unpaired) electrons. The number of allylic oxidation sites excluding steroid dienone is 20. The Morgan fingerprint density at radius 3 is 0.976 bits per heavy atom. The number of carbonyl (C=O) groups is 3. The number of ether oxygens (including phenoxy) is 3. The van der Waals surface area contributed by atoms with E-state index in [9.17, 15) is 43.5 Å². The van der Waals surface area contributed by atoms with E-state index in [0.717, 1.165) is 89.9 Å². The van der Waals surface area contributed by atoms with E-state index in [1.807, 2.05) is 24.3 Å². The molecule has 85 heavy (non-hydrogen) atoms. The third-order valence-electron chi connectivity index (χ3n) is 12.7. The minimum Gasteiger partial charge on any atom is -0.463 e. The molecule has 0 rings (SSSR count). The highest BCUT2D eigenvalue weighted by molar-refractivity contribution is 7.47. The number of phosphoric acid groups is 2. The molecule has 0 aromatic heterocycles. The Bertz CT molecular complexity index is 2040. The first-order valence-corrected chi connectivity index (χ1v) is 34.8. The number of unbranched alkanes of at least 4 members (excludes halogenated alkanes) is 16. The predicted molar refractivity (Wildman–Crippen MR) is 343 cm³/mol. The first-order valence-electron chi connectivity index (χ1n) is 31.8. The molecule has 18 heteroatoms. The zero-order valence-corrected chi connectivity index (χ0v) is 54.0. The van der Waals surface area contributed by atoms with Gasteiger partial charge in [0.05, 0.1) is 26.4 Å². The minimum atomic E-state index is -4.94. The lowest BCUT2D eigenvalue weighted by Gasteiger charge is -2.21. The van der Waals surface area contributed by atoms with Crippen molar-refractivity contribution in [3.8, 4) is 0 Å². The average Bonchev–Trinajstić information content (AvgIpc) is 3.48. The molecule has 0 saturated heterocycles. The lowest BCUT2D eigenvalue weighted by molar-refractivity contribution is -0.161. The van der Waals surface area contributed by atoms with Gasteiger partial charge in [0, 0.05) is 19.3 Å². The van der Waals surface area contributed by atoms with Gasteiger partial charge in [0.25, 0.3) is 0 Å². The maximum Gasteiger partial charge on any atom is 0.472 e. The molecule has 5 unspecified atom stereocenters. The lowest BCUT2D eigenvalue weighted by atomic mass is 10.0. The molecule has 0 aliphatic heterocycles. The highest BCUT2D eigenvalue weighted by atomic mass is 31.2. The van der Waals surface area contributed by atoms with Gasteiger partial charge in [-0.05, 0) is 96.3 Å². The minimum absolute atomic E-state index is 0.0895. The maximum atomic E-state index is 12.9. The summed E-state index contributed by atoms with van der Waals surface area (Å²) in [5.41, 5.74) is 0. The molecule has 4 N–H and O–H groups in total. The molecule has 0 aromatic carbocycles. The molecule has 0 heterocycles. The quantitative estimate of drug-likeness (QED) is 0.0146. The summed E-state index contributed by atoms with van der Waals surface area (Å²) in [4.78, 5) is 58.2. The SMILES string of the molecule is CC/C=C\C/C=C\C/C=C\C/C=C\C/C=C\CCCC(=O)OCC(O)COP(=O)(O)OCC(O)COP(=O)(O)OCC(COC(=O)CCC/C=C\C/C=C\C/C=C\C/C=C\C/C=C\CC)OC(=O)CCCCCCCCCCCCCCCCC. The third kappa shape index (κ3) is 61.4. The summed E-state index contributed by atoms with van der Waals surface area (Å²) in [7, 11) is -9.80. The Morgan fingerprint density at radius 2 is 0.624 bits per heavy atom. The van der Waals surface area contributed by atoms with Crippen molar-refractivity contribution in [3.05, 3.63) is 122 Å². The Morgan fingerprint density at radius 1 is 0.341 bits per heavy atom. The van der Waals surface area contributed by atoms with Crippen LogP contribution in [0.4, 0.5) is 0 Å². The number of aliphatic hydroxyl groups excluding tert-OH is 2. The van der Waals surface area contributed by atoms with Gasteiger partial charge in [0.1, 0.15) is 25.4 Å². The Labute approximate surface area is 512 Å². The molecule has 0 amide bonds. The van der Waals surface area contributed by atoms with E-state index in [4.69, 9.17) is 32.3 Å². The van der Waals surface area contributed by atoms with E-state index in [-0.39, 0.29) is 19.3 Å². The Kier molecular flexibility index (Phi) is 57.4. The standard InChI is InChI=1S/C67H112O16P2/c1-4-7-10-13-16-19-22-25-28-30-33-35-38-41-44-47-50-53-65(70)77-56-62(68)57-79-84(73,74)80-58-63(69)59-81-85(75,76)82-61-64(83-67(72)55-52-49-46-43-40-37-32-27-24-21-18-15-12-9-6-3)60-78-66(71)54-51-48-45-42-39-36-34-31-29-26-23-20-17-14-11-8-5-2/h7-8,10-11,16-17,19-20,25-26,28-29,33-36,41-42,44-45,62-64,68-69H,4-6,9,12-15,18,21-24,27,30-32,37-40,43,46-61H2,1-3H3,(H,73,74)(H,75,76)/b10-7-,11-8-,19-16-,20-17-,28-25-,29-26-,35-33-,36-34-,44-41-,45-42-. The third-order valence-corrected chi connectivity index (χ3v) is 14.6. The topological polar surface area (TPSA) is 231 Å². The zero-order chi connectivity index (χ0) is 62.4. The van der Waals surface area contributed by atoms with E-state index < -0.39 is 91.5 Å². The van der Waals surface area contributed by atoms with Crippen molar-refractivity contribution in [3.63, 3.8) is 0 Å². The van der Waals surface area contributed by atoms with Crippen molar-refractivity contribution < 1.29 is 75.8 Å². The second kappa shape index (κ2) is 60.2. The molecule has 0 saturated carbocycles. The van der Waals surface area contributed by atoms with Crippen LogP contribution in [0.15, 0.2) is 122 Å². The summed E-state index contributed by atoms with van der Waals surface area (Å²) in [6.45, 7) is 2.28. The van der Waals surface area contributed by atoms with Crippen molar-refractivity contribution in [1.29, 1.82) is 0 Å². The Hall–Kier alpha value is -4.05. The monoisotopic (exact) mass is 1230 g/mol. The number of hydrogen-bond acceptors (Lipinski definition) is 14. The predicted octanol–water partition coefficient (Wildman–Crippen LogP) is 17.1. The van der Waals surface area contributed by atoms with Crippen LogP contribution in [-0.2, 0) is 55.8 Å². The Balaban J connectivity index is 4.81. The number of rotatable bonds is 59. The summed E-state index contributed by atoms with van der Waals surface area (Å²) in [5.74, 6) is -1.70. The van der Waals surface area contributed by atoms with Gasteiger partial charge in [-0.15, -0.1) is 0 Å². The first kappa shape index (κ1) is 81.0. The molecule has 0 fully saturated rings. The molecule has 0 bridgehead atoms. The van der Waals surface area contributed by atoms with Crippen molar-refractivity contribution in [1.82, 2.24) is 0 Å². The molecule has 486 valence electrons. The van der Waals surface area contributed by atoms with Gasteiger partial charge >= 0.3 is 33.6 Å². The lowest BCUT2D eigenvalue weighted by Crippen LogP contribution is -2.30. The number of phosphoric ester groups is 2. The van der Waals surface area contributed by atoms with Crippen molar-refractivity contribution in [2.75, 3.05) is 39.6 Å². The van der Waals surface area contributed by atoms with E-state index in [0.29, 0.717) is 32.1 Å². The zero-order valence-electron chi connectivity index (χ0n) is 52.2. The number of aliphatic hydroxyl groups is 2. The van der Waals surface area contributed by atoms with Gasteiger partial charge < -0.3 is 34.2 Å². The van der Waals surface area contributed by atoms with Crippen molar-refractivity contribution in [2.24, 2.45) is 0 Å². The first-order chi connectivity index (χ1) is 41.2. The normalized spacial score (nSPS) is 15.1. The van der Waals surface area contributed by atoms with Crippen LogP contribution in [0.5, 0.6) is 0 Å². The molecule has 16 nitrogen and oxygen atoms in total. The fraction of sp³-hybridized carbons (Fsp3) is 0.657. The highest BCUT2D eigenvalue weighted by Crippen LogP contribution is 2.45. The van der Waals surface area contributed by atoms with Gasteiger partial charge in [-0.1, -0.05) is 232 Å². The smallest absolute Gasteiger partial charge is 0.463 e. The fourth-order valence-corrected chi connectivity index (χ4v) is 9.46. The van der Waals surface area contributed by atoms with Gasteiger partial charge in [0.15, 0.2) is 6.10 Å². The van der Waals surface area contributed by atoms with Gasteiger partial charge in [-0.3, -0.25) is 32.5 Å². The summed E-state index contributed by atoms with van der Waals surface area (Å²) in [5, 5.41) is 20.5. The molecule has 0 aliphatic rings. The van der Waals surface area contributed by atoms with E-state index in [2.05, 4.69) is 118 Å². The second-order valence-corrected chi connectivity index (χ2v) is 23.7. The molecule has 0 aliphatic carbocycles. The van der Waals surface area contributed by atoms with Crippen molar-refractivity contribution >= 4 is 33.6 Å². The van der Waals surface area contributed by atoms with E-state index >= 15 is 0 Å². The van der Waals surface area contributed by atoms with Crippen LogP contribution in [-0.4, -0.2) is 95.9 Å². The summed E-state index contributed by atoms with van der Waals surface area (Å²) < 4.78 is 60.6. The van der Waals surface area contributed by atoms with Crippen LogP contribution >= 0.6 is 15.6 Å². The number of hydrogen-bond donors (Lipinski definition) is 4. The molecule has 5 atom stereocenters. The van der Waals surface area contributed by atoms with Crippen LogP contribution in [0.2, 0.25) is 0 Å². The molecular formula is C67H112O16P2. The molecular weight excluding hydrogens is 1120 g/mol. The summed E-state index contributed by atoms with van der Waals surface area (Å²) >= 11 is 0. The van der Waals surface area contributed by atoms with E-state index in [1.54, 1.807) is 0 Å². The van der Waals surface area contributed by atoms with E-state index in [1.165, 1.54) is 64.2 Å².